The van der Waals surface area contributed by atoms with Crippen molar-refractivity contribution in [3.05, 3.63) is 35.4 Å². The first-order valence-corrected chi connectivity index (χ1v) is 8.62. The Balaban J connectivity index is 2.73. The zero-order chi connectivity index (χ0) is 17.1. The standard InChI is InChI=1S/C19H31NO3/c1-5-7-10-16(6-2)18(17-11-8-9-15(3)14-17)23-13-12-20-19(21)22-4/h8-9,11,14,16,18H,5-7,10,12-13H2,1-4H3,(H,20,21)/t16-,18+/m0/s1. The molecule has 1 aromatic rings. The molecule has 0 spiro atoms. The van der Waals surface area contributed by atoms with Gasteiger partial charge in [-0.1, -0.05) is 62.9 Å². The van der Waals surface area contributed by atoms with Crippen molar-refractivity contribution in [3.8, 4) is 0 Å². The summed E-state index contributed by atoms with van der Waals surface area (Å²) < 4.78 is 10.7. The molecule has 0 unspecified atom stereocenters. The van der Waals surface area contributed by atoms with Crippen molar-refractivity contribution in [1.29, 1.82) is 0 Å². The van der Waals surface area contributed by atoms with Gasteiger partial charge in [-0.25, -0.2) is 4.79 Å². The van der Waals surface area contributed by atoms with Gasteiger partial charge in [-0.3, -0.25) is 0 Å². The van der Waals surface area contributed by atoms with Crippen molar-refractivity contribution in [2.75, 3.05) is 20.3 Å². The van der Waals surface area contributed by atoms with E-state index in [0.29, 0.717) is 19.1 Å². The summed E-state index contributed by atoms with van der Waals surface area (Å²) in [7, 11) is 1.36. The van der Waals surface area contributed by atoms with E-state index in [0.717, 1.165) is 12.8 Å². The van der Waals surface area contributed by atoms with Gasteiger partial charge in [0.1, 0.15) is 0 Å². The number of unbranched alkanes of at least 4 members (excludes halogenated alkanes) is 1. The molecule has 0 bridgehead atoms. The van der Waals surface area contributed by atoms with Crippen molar-refractivity contribution in [2.24, 2.45) is 5.92 Å². The van der Waals surface area contributed by atoms with Crippen LogP contribution in [0, 0.1) is 12.8 Å². The highest BCUT2D eigenvalue weighted by molar-refractivity contribution is 5.66. The van der Waals surface area contributed by atoms with Gasteiger partial charge in [0.2, 0.25) is 0 Å². The Kier molecular flexibility index (Phi) is 9.37. The van der Waals surface area contributed by atoms with Gasteiger partial charge >= 0.3 is 6.09 Å². The normalized spacial score (nSPS) is 13.4. The number of carbonyl (C=O) groups is 1. The van der Waals surface area contributed by atoms with Crippen molar-refractivity contribution in [1.82, 2.24) is 5.32 Å². The Hall–Kier alpha value is -1.55. The first-order chi connectivity index (χ1) is 11.1. The number of ether oxygens (including phenoxy) is 2. The topological polar surface area (TPSA) is 47.6 Å². The maximum atomic E-state index is 11.1. The molecular weight excluding hydrogens is 290 g/mol. The first kappa shape index (κ1) is 19.5. The van der Waals surface area contributed by atoms with Gasteiger partial charge in [0.05, 0.1) is 19.8 Å². The second kappa shape index (κ2) is 11.1. The number of hydrogen-bond donors (Lipinski definition) is 1. The molecular formula is C19H31NO3. The zero-order valence-corrected chi connectivity index (χ0v) is 14.9. The predicted octanol–water partition coefficient (Wildman–Crippen LogP) is 4.63. The van der Waals surface area contributed by atoms with Crippen LogP contribution in [0.1, 0.15) is 56.8 Å². The van der Waals surface area contributed by atoms with E-state index in [2.05, 4.69) is 55.1 Å². The highest BCUT2D eigenvalue weighted by Crippen LogP contribution is 2.32. The summed E-state index contributed by atoms with van der Waals surface area (Å²) >= 11 is 0. The second-order valence-corrected chi connectivity index (χ2v) is 5.93. The second-order valence-electron chi connectivity index (χ2n) is 5.93. The molecule has 0 aromatic heterocycles. The number of carbonyl (C=O) groups excluding carboxylic acids is 1. The summed E-state index contributed by atoms with van der Waals surface area (Å²) in [6.07, 6.45) is 4.31. The number of hydrogen-bond acceptors (Lipinski definition) is 3. The van der Waals surface area contributed by atoms with E-state index in [1.165, 1.54) is 31.1 Å². The van der Waals surface area contributed by atoms with Crippen molar-refractivity contribution >= 4 is 6.09 Å². The molecule has 0 heterocycles. The molecule has 23 heavy (non-hydrogen) atoms. The van der Waals surface area contributed by atoms with Crippen LogP contribution in [0.2, 0.25) is 0 Å². The number of benzene rings is 1. The average molecular weight is 321 g/mol. The Labute approximate surface area is 140 Å². The minimum Gasteiger partial charge on any atom is -0.453 e. The largest absolute Gasteiger partial charge is 0.453 e. The molecule has 0 fully saturated rings. The smallest absolute Gasteiger partial charge is 0.406 e. The summed E-state index contributed by atoms with van der Waals surface area (Å²) in [6.45, 7) is 7.48. The third kappa shape index (κ3) is 7.04. The van der Waals surface area contributed by atoms with Crippen LogP contribution in [0.5, 0.6) is 0 Å². The van der Waals surface area contributed by atoms with E-state index in [9.17, 15) is 4.79 Å². The Bertz CT molecular complexity index is 462. The Morgan fingerprint density at radius 1 is 1.30 bits per heavy atom. The van der Waals surface area contributed by atoms with Gasteiger partial charge in [-0.05, 0) is 24.8 Å². The van der Waals surface area contributed by atoms with E-state index in [-0.39, 0.29) is 6.10 Å². The Morgan fingerprint density at radius 3 is 2.70 bits per heavy atom. The summed E-state index contributed by atoms with van der Waals surface area (Å²) in [5.74, 6) is 0.495. The molecule has 0 saturated carbocycles. The molecule has 130 valence electrons. The molecule has 4 nitrogen and oxygen atoms in total. The van der Waals surface area contributed by atoms with Crippen molar-refractivity contribution < 1.29 is 14.3 Å². The molecule has 0 aliphatic rings. The van der Waals surface area contributed by atoms with Crippen LogP contribution in [0.4, 0.5) is 4.79 Å². The van der Waals surface area contributed by atoms with Gasteiger partial charge in [-0.15, -0.1) is 0 Å². The molecule has 1 aromatic carbocycles. The summed E-state index contributed by atoms with van der Waals surface area (Å²) in [5.41, 5.74) is 2.47. The third-order valence-corrected chi connectivity index (χ3v) is 4.11. The molecule has 1 N–H and O–H groups in total. The lowest BCUT2D eigenvalue weighted by Crippen LogP contribution is -2.28. The zero-order valence-electron chi connectivity index (χ0n) is 14.9. The third-order valence-electron chi connectivity index (χ3n) is 4.11. The van der Waals surface area contributed by atoms with Crippen LogP contribution < -0.4 is 5.32 Å². The fourth-order valence-corrected chi connectivity index (χ4v) is 2.80. The van der Waals surface area contributed by atoms with Crippen LogP contribution in [-0.2, 0) is 9.47 Å². The number of nitrogens with one attached hydrogen (secondary N) is 1. The molecule has 2 atom stereocenters. The van der Waals surface area contributed by atoms with E-state index in [1.54, 1.807) is 0 Å². The summed E-state index contributed by atoms with van der Waals surface area (Å²) in [5, 5.41) is 2.66. The van der Waals surface area contributed by atoms with E-state index in [1.807, 2.05) is 0 Å². The molecule has 4 heteroatoms. The van der Waals surface area contributed by atoms with Crippen molar-refractivity contribution in [3.63, 3.8) is 0 Å². The van der Waals surface area contributed by atoms with E-state index < -0.39 is 6.09 Å². The maximum Gasteiger partial charge on any atom is 0.406 e. The molecule has 1 amide bonds. The van der Waals surface area contributed by atoms with Crippen LogP contribution in [0.15, 0.2) is 24.3 Å². The minimum absolute atomic E-state index is 0.0749. The number of methoxy groups -OCH3 is 1. The minimum atomic E-state index is -0.418. The van der Waals surface area contributed by atoms with E-state index in [4.69, 9.17) is 4.74 Å². The fraction of sp³-hybridized carbons (Fsp3) is 0.632. The number of alkyl carbamates (subject to hydrolysis) is 1. The SMILES string of the molecule is CCCC[C@H](CC)[C@@H](OCCNC(=O)OC)c1cccc(C)c1. The highest BCUT2D eigenvalue weighted by Gasteiger charge is 2.22. The number of rotatable bonds is 10. The van der Waals surface area contributed by atoms with Gasteiger partial charge < -0.3 is 14.8 Å². The van der Waals surface area contributed by atoms with Crippen LogP contribution >= 0.6 is 0 Å². The van der Waals surface area contributed by atoms with Gasteiger partial charge in [-0.2, -0.15) is 0 Å². The number of amides is 1. The number of aryl methyl sites for hydroxylation is 1. The maximum absolute atomic E-state index is 11.1. The lowest BCUT2D eigenvalue weighted by Gasteiger charge is -2.27. The summed E-state index contributed by atoms with van der Waals surface area (Å²) in [4.78, 5) is 11.1. The lowest BCUT2D eigenvalue weighted by atomic mass is 9.88. The molecule has 0 radical (unpaired) electrons. The monoisotopic (exact) mass is 321 g/mol. The average Bonchev–Trinajstić information content (AvgIpc) is 2.56. The van der Waals surface area contributed by atoms with Gasteiger partial charge in [0.25, 0.3) is 0 Å². The predicted molar refractivity (Wildman–Crippen MR) is 93.6 cm³/mol. The molecule has 1 rings (SSSR count). The summed E-state index contributed by atoms with van der Waals surface area (Å²) in [6, 6.07) is 8.53. The van der Waals surface area contributed by atoms with Gasteiger partial charge in [0.15, 0.2) is 0 Å². The first-order valence-electron chi connectivity index (χ1n) is 8.62. The highest BCUT2D eigenvalue weighted by atomic mass is 16.5. The molecule has 0 aliphatic carbocycles. The van der Waals surface area contributed by atoms with Crippen LogP contribution in [0.25, 0.3) is 0 Å². The molecule has 0 aliphatic heterocycles. The van der Waals surface area contributed by atoms with Crippen LogP contribution in [-0.4, -0.2) is 26.4 Å². The fourth-order valence-electron chi connectivity index (χ4n) is 2.80. The van der Waals surface area contributed by atoms with Gasteiger partial charge in [0, 0.05) is 6.54 Å². The van der Waals surface area contributed by atoms with Crippen LogP contribution in [0.3, 0.4) is 0 Å². The quantitative estimate of drug-likeness (QED) is 0.639. The Morgan fingerprint density at radius 2 is 2.09 bits per heavy atom. The van der Waals surface area contributed by atoms with Crippen molar-refractivity contribution in [2.45, 2.75) is 52.6 Å². The molecule has 0 saturated heterocycles. The lowest BCUT2D eigenvalue weighted by molar-refractivity contribution is 0.00740. The van der Waals surface area contributed by atoms with E-state index >= 15 is 0 Å².